The van der Waals surface area contributed by atoms with Crippen molar-refractivity contribution < 1.29 is 23.2 Å². The molecule has 0 nitrogen and oxygen atoms in total. The minimum Gasteiger partial charge on any atom is -0.147 e. The molecule has 2 aliphatic rings. The van der Waals surface area contributed by atoms with Crippen molar-refractivity contribution in [3.63, 3.8) is 0 Å². The molecule has 0 fully saturated rings. The Hall–Kier alpha value is 0.423. The monoisotopic (exact) mass is 516 g/mol. The Morgan fingerprint density at radius 2 is 0.966 bits per heavy atom. The van der Waals surface area contributed by atoms with Gasteiger partial charge in [0.15, 0.2) is 0 Å². The molecule has 0 saturated carbocycles. The molecule has 0 bridgehead atoms. The molecule has 0 radical (unpaired) electrons. The first-order valence-electron chi connectivity index (χ1n) is 11.9. The van der Waals surface area contributed by atoms with Crippen LogP contribution >= 0.6 is 24.8 Å². The van der Waals surface area contributed by atoms with Crippen LogP contribution in [0.3, 0.4) is 0 Å². The Labute approximate surface area is 205 Å². The van der Waals surface area contributed by atoms with Crippen LogP contribution in [-0.4, -0.2) is 0 Å². The van der Waals surface area contributed by atoms with Gasteiger partial charge >= 0.3 is 182 Å². The molecule has 0 saturated heterocycles. The van der Waals surface area contributed by atoms with Crippen molar-refractivity contribution >= 4 is 24.8 Å². The second kappa shape index (κ2) is 19.1. The number of rotatable bonds is 16. The molecule has 0 unspecified atom stereocenters. The van der Waals surface area contributed by atoms with Crippen molar-refractivity contribution in [1.82, 2.24) is 0 Å². The molecule has 3 heteroatoms. The summed E-state index contributed by atoms with van der Waals surface area (Å²) in [6, 6.07) is 0. The molecule has 0 N–H and O–H groups in total. The summed E-state index contributed by atoms with van der Waals surface area (Å²) in [5, 5.41) is 0. The smallest absolute Gasteiger partial charge is 0.147 e. The van der Waals surface area contributed by atoms with Gasteiger partial charge in [0.25, 0.3) is 0 Å². The quantitative estimate of drug-likeness (QED) is 0.178. The first kappa shape index (κ1) is 29.4. The van der Waals surface area contributed by atoms with E-state index in [0.29, 0.717) is 0 Å². The second-order valence-electron chi connectivity index (χ2n) is 8.38. The van der Waals surface area contributed by atoms with Gasteiger partial charge in [-0.25, -0.2) is 0 Å². The van der Waals surface area contributed by atoms with Crippen LogP contribution in [0.4, 0.5) is 0 Å². The fourth-order valence-electron chi connectivity index (χ4n) is 4.21. The van der Waals surface area contributed by atoms with Gasteiger partial charge < -0.3 is 0 Å². The van der Waals surface area contributed by atoms with Gasteiger partial charge in [0.2, 0.25) is 0 Å². The first-order valence-corrected chi connectivity index (χ1v) is 14.3. The zero-order valence-electron chi connectivity index (χ0n) is 18.9. The Bertz CT molecular complexity index is 495. The van der Waals surface area contributed by atoms with Crippen LogP contribution in [0.2, 0.25) is 0 Å². The summed E-state index contributed by atoms with van der Waals surface area (Å²) in [6.07, 6.45) is 32.1. The third-order valence-electron chi connectivity index (χ3n) is 5.96. The van der Waals surface area contributed by atoms with Crippen LogP contribution in [0.25, 0.3) is 0 Å². The number of hydrogen-bond acceptors (Lipinski definition) is 0. The van der Waals surface area contributed by atoms with E-state index in [0.717, 1.165) is 0 Å². The van der Waals surface area contributed by atoms with Crippen molar-refractivity contribution in [2.45, 2.75) is 117 Å². The van der Waals surface area contributed by atoms with Gasteiger partial charge in [-0.15, -0.1) is 24.8 Å². The molecule has 166 valence electrons. The SMILES string of the molecule is CCCCCCCCC1=[C]([Zr][C]2=C(CCCCCCCC)C=CC2)CC=C1.Cl.Cl. The summed E-state index contributed by atoms with van der Waals surface area (Å²) < 4.78 is 3.79. The molecular weight excluding hydrogens is 474 g/mol. The molecular formula is C26H44Cl2Zr. The van der Waals surface area contributed by atoms with E-state index >= 15 is 0 Å². The summed E-state index contributed by atoms with van der Waals surface area (Å²) in [7, 11) is 0. The number of halogens is 2. The summed E-state index contributed by atoms with van der Waals surface area (Å²) in [6.45, 7) is 4.61. The molecule has 2 rings (SSSR count). The molecule has 0 amide bonds. The Balaban J connectivity index is 0.00000392. The van der Waals surface area contributed by atoms with Crippen LogP contribution in [-0.2, 0) is 23.2 Å². The van der Waals surface area contributed by atoms with Gasteiger partial charge in [0.05, 0.1) is 0 Å². The Morgan fingerprint density at radius 1 is 0.586 bits per heavy atom. The molecule has 0 aromatic rings. The largest absolute Gasteiger partial charge is 0.147 e. The third-order valence-corrected chi connectivity index (χ3v) is 10.0. The van der Waals surface area contributed by atoms with Crippen molar-refractivity contribution in [3.05, 3.63) is 42.0 Å². The minimum absolute atomic E-state index is 0. The van der Waals surface area contributed by atoms with Crippen LogP contribution in [0.1, 0.15) is 117 Å². The fraction of sp³-hybridized carbons (Fsp3) is 0.692. The summed E-state index contributed by atoms with van der Waals surface area (Å²) in [5.41, 5.74) is 3.49. The molecule has 2 aliphatic carbocycles. The van der Waals surface area contributed by atoms with E-state index in [1.807, 2.05) is 6.56 Å². The fourth-order valence-corrected chi connectivity index (χ4v) is 8.00. The molecule has 0 spiro atoms. The van der Waals surface area contributed by atoms with Gasteiger partial charge in [-0.3, -0.25) is 0 Å². The van der Waals surface area contributed by atoms with Gasteiger partial charge in [-0.1, -0.05) is 0 Å². The predicted molar refractivity (Wildman–Crippen MR) is 132 cm³/mol. The maximum Gasteiger partial charge on any atom is -0.147 e. The Kier molecular flexibility index (Phi) is 19.4. The van der Waals surface area contributed by atoms with E-state index in [9.17, 15) is 0 Å². The average Bonchev–Trinajstić information content (AvgIpc) is 3.31. The normalized spacial score (nSPS) is 15.1. The summed E-state index contributed by atoms with van der Waals surface area (Å²) in [5.74, 6) is 0. The van der Waals surface area contributed by atoms with Crippen LogP contribution in [0, 0.1) is 0 Å². The zero-order valence-corrected chi connectivity index (χ0v) is 23.0. The second-order valence-corrected chi connectivity index (χ2v) is 12.0. The van der Waals surface area contributed by atoms with Gasteiger partial charge in [0.1, 0.15) is 0 Å². The van der Waals surface area contributed by atoms with Crippen LogP contribution in [0.15, 0.2) is 42.0 Å². The molecule has 0 aromatic carbocycles. The van der Waals surface area contributed by atoms with E-state index < -0.39 is 23.2 Å². The molecule has 0 aliphatic heterocycles. The van der Waals surface area contributed by atoms with Gasteiger partial charge in [-0.2, -0.15) is 0 Å². The summed E-state index contributed by atoms with van der Waals surface area (Å²) in [4.78, 5) is 0. The van der Waals surface area contributed by atoms with E-state index in [-0.39, 0.29) is 24.8 Å². The minimum atomic E-state index is -0.514. The predicted octanol–water partition coefficient (Wildman–Crippen LogP) is 9.84. The average molecular weight is 519 g/mol. The topological polar surface area (TPSA) is 0 Å². The van der Waals surface area contributed by atoms with Gasteiger partial charge in [0, 0.05) is 0 Å². The van der Waals surface area contributed by atoms with Crippen LogP contribution < -0.4 is 0 Å². The third kappa shape index (κ3) is 12.1. The maximum absolute atomic E-state index is 2.47. The van der Waals surface area contributed by atoms with Crippen molar-refractivity contribution in [2.24, 2.45) is 0 Å². The van der Waals surface area contributed by atoms with Crippen LogP contribution in [0.5, 0.6) is 0 Å². The van der Waals surface area contributed by atoms with E-state index in [2.05, 4.69) is 38.2 Å². The van der Waals surface area contributed by atoms with Gasteiger partial charge in [-0.05, 0) is 0 Å². The standard InChI is InChI=1S/2C13H21.2ClH.Zr/c2*1-2-3-4-5-6-7-10-13-11-8-9-12-13;;;/h2*8,11H,2-7,9-10H2,1H3;2*1H;. The van der Waals surface area contributed by atoms with E-state index in [4.69, 9.17) is 0 Å². The number of hydrogen-bond donors (Lipinski definition) is 0. The summed E-state index contributed by atoms with van der Waals surface area (Å²) >= 11 is -0.514. The number of unbranched alkanes of at least 4 members (excludes halogenated alkanes) is 10. The van der Waals surface area contributed by atoms with E-state index in [1.54, 1.807) is 11.1 Å². The first-order chi connectivity index (χ1) is 13.3. The maximum atomic E-state index is 2.47. The number of allylic oxidation sites excluding steroid dienone is 8. The molecule has 29 heavy (non-hydrogen) atoms. The van der Waals surface area contributed by atoms with Crippen molar-refractivity contribution in [3.8, 4) is 0 Å². The van der Waals surface area contributed by atoms with Crippen molar-refractivity contribution in [1.29, 1.82) is 0 Å². The molecule has 0 atom stereocenters. The zero-order chi connectivity index (χ0) is 19.2. The van der Waals surface area contributed by atoms with Crippen molar-refractivity contribution in [2.75, 3.05) is 0 Å². The molecule has 0 heterocycles. The molecule has 0 aromatic heterocycles. The Morgan fingerprint density at radius 3 is 1.38 bits per heavy atom. The van der Waals surface area contributed by atoms with E-state index in [1.165, 1.54) is 103 Å².